The lowest BCUT2D eigenvalue weighted by Gasteiger charge is -1.95. The molecule has 14 heavy (non-hydrogen) atoms. The Morgan fingerprint density at radius 3 is 2.50 bits per heavy atom. The van der Waals surface area contributed by atoms with Crippen LogP contribution in [0.4, 0.5) is 0 Å². The van der Waals surface area contributed by atoms with Gasteiger partial charge in [-0.05, 0) is 22.8 Å². The molecule has 0 atom stereocenters. The van der Waals surface area contributed by atoms with Gasteiger partial charge in [0.2, 0.25) is 0 Å². The molecule has 68 valence electrons. The molecule has 0 N–H and O–H groups in total. The van der Waals surface area contributed by atoms with Crippen LogP contribution in [0.5, 0.6) is 0 Å². The van der Waals surface area contributed by atoms with Crippen molar-refractivity contribution in [1.29, 1.82) is 5.26 Å². The van der Waals surface area contributed by atoms with Crippen molar-refractivity contribution in [2.75, 3.05) is 0 Å². The van der Waals surface area contributed by atoms with E-state index in [4.69, 9.17) is 5.26 Å². The molecule has 0 radical (unpaired) electrons. The molecule has 0 amide bonds. The smallest absolute Gasteiger partial charge is 0.0998 e. The molecule has 2 aliphatic rings. The Morgan fingerprint density at radius 2 is 1.86 bits per heavy atom. The number of rotatable bonds is 1. The minimum atomic E-state index is 0.755. The first-order valence-electron chi connectivity index (χ1n) is 4.33. The Morgan fingerprint density at radius 1 is 1.14 bits per heavy atom. The molecule has 0 saturated heterocycles. The van der Waals surface area contributed by atoms with Gasteiger partial charge in [-0.2, -0.15) is 5.26 Å². The summed E-state index contributed by atoms with van der Waals surface area (Å²) in [5.74, 6) is 0. The monoisotopic (exact) mass is 245 g/mol. The molecule has 0 aromatic heterocycles. The summed E-state index contributed by atoms with van der Waals surface area (Å²) in [6.45, 7) is 0. The molecule has 2 heteroatoms. The first-order valence-corrected chi connectivity index (χ1v) is 5.45. The summed E-state index contributed by atoms with van der Waals surface area (Å²) in [4.78, 5) is 0. The average Bonchev–Trinajstić information content (AvgIpc) is 2.39. The number of hydrogen-bond donors (Lipinski definition) is 0. The summed E-state index contributed by atoms with van der Waals surface area (Å²) >= 11 is 3.43. The maximum absolute atomic E-state index is 8.96. The Balaban J connectivity index is 2.75. The van der Waals surface area contributed by atoms with Crippen LogP contribution in [-0.4, -0.2) is 0 Å². The fourth-order valence-electron chi connectivity index (χ4n) is 1.59. The van der Waals surface area contributed by atoms with Gasteiger partial charge in [-0.25, -0.2) is 0 Å². The van der Waals surface area contributed by atoms with Gasteiger partial charge in [-0.3, -0.25) is 0 Å². The van der Waals surface area contributed by atoms with E-state index in [0.29, 0.717) is 0 Å². The predicted octanol–water partition coefficient (Wildman–Crippen LogP) is 3.56. The van der Waals surface area contributed by atoms with Gasteiger partial charge in [0.15, 0.2) is 0 Å². The summed E-state index contributed by atoms with van der Waals surface area (Å²) < 4.78 is 0. The van der Waals surface area contributed by atoms with Crippen LogP contribution in [0.3, 0.4) is 0 Å². The third-order valence-electron chi connectivity index (χ3n) is 2.26. The number of nitrogens with zero attached hydrogens (tertiary/aromatic N) is 1. The van der Waals surface area contributed by atoms with Crippen LogP contribution in [0.25, 0.3) is 11.1 Å². The van der Waals surface area contributed by atoms with Crippen molar-refractivity contribution in [2.45, 2.75) is 5.33 Å². The molecule has 0 spiro atoms. The van der Waals surface area contributed by atoms with Crippen LogP contribution < -0.4 is 0 Å². The van der Waals surface area contributed by atoms with Gasteiger partial charge in [0.25, 0.3) is 0 Å². The first kappa shape index (κ1) is 9.23. The van der Waals surface area contributed by atoms with Crippen molar-refractivity contribution in [3.05, 3.63) is 47.5 Å². The molecule has 0 bridgehead atoms. The van der Waals surface area contributed by atoms with Crippen molar-refractivity contribution < 1.29 is 0 Å². The molecule has 2 aliphatic carbocycles. The zero-order chi connectivity index (χ0) is 9.97. The Kier molecular flexibility index (Phi) is 2.51. The largest absolute Gasteiger partial charge is 0.192 e. The molecule has 0 aromatic carbocycles. The van der Waals surface area contributed by atoms with Crippen LogP contribution in [0.1, 0.15) is 11.1 Å². The van der Waals surface area contributed by atoms with Crippen molar-refractivity contribution in [3.8, 4) is 17.2 Å². The lowest BCUT2D eigenvalue weighted by Crippen LogP contribution is -1.74. The minimum Gasteiger partial charge on any atom is -0.192 e. The maximum atomic E-state index is 8.96. The van der Waals surface area contributed by atoms with E-state index in [1.807, 2.05) is 36.4 Å². The quantitative estimate of drug-likeness (QED) is 0.706. The number of halogens is 1. The van der Waals surface area contributed by atoms with Gasteiger partial charge in [-0.1, -0.05) is 46.3 Å². The molecular formula is C12H8BrN. The van der Waals surface area contributed by atoms with Crippen LogP contribution >= 0.6 is 15.9 Å². The molecule has 0 fully saturated rings. The van der Waals surface area contributed by atoms with Gasteiger partial charge in [-0.15, -0.1) is 0 Å². The zero-order valence-corrected chi connectivity index (χ0v) is 9.08. The first-order chi connectivity index (χ1) is 6.86. The van der Waals surface area contributed by atoms with E-state index in [9.17, 15) is 0 Å². The highest BCUT2D eigenvalue weighted by molar-refractivity contribution is 9.08. The minimum absolute atomic E-state index is 0.755. The SMILES string of the molecule is N#Cc1cc(CBr)c2cccccc1-2. The van der Waals surface area contributed by atoms with Gasteiger partial charge < -0.3 is 0 Å². The highest BCUT2D eigenvalue weighted by Gasteiger charge is 2.12. The second-order valence-corrected chi connectivity index (χ2v) is 3.63. The maximum Gasteiger partial charge on any atom is 0.0998 e. The van der Waals surface area contributed by atoms with E-state index in [-0.39, 0.29) is 0 Å². The molecule has 2 rings (SSSR count). The van der Waals surface area contributed by atoms with Crippen molar-refractivity contribution in [2.24, 2.45) is 0 Å². The summed E-state index contributed by atoms with van der Waals surface area (Å²) in [7, 11) is 0. The van der Waals surface area contributed by atoms with Gasteiger partial charge in [0.05, 0.1) is 11.6 Å². The molecular weight excluding hydrogens is 238 g/mol. The Hall–Kier alpha value is -1.33. The molecule has 0 heterocycles. The molecule has 1 nitrogen and oxygen atoms in total. The second-order valence-electron chi connectivity index (χ2n) is 3.07. The number of nitriles is 1. The van der Waals surface area contributed by atoms with E-state index in [2.05, 4.69) is 22.0 Å². The third-order valence-corrected chi connectivity index (χ3v) is 2.86. The molecule has 0 unspecified atom stereocenters. The van der Waals surface area contributed by atoms with Crippen LogP contribution in [0.2, 0.25) is 0 Å². The van der Waals surface area contributed by atoms with E-state index < -0.39 is 0 Å². The van der Waals surface area contributed by atoms with E-state index in [1.165, 1.54) is 5.56 Å². The normalized spacial score (nSPS) is 10.0. The summed E-state index contributed by atoms with van der Waals surface area (Å²) in [6.07, 6.45) is 0. The second kappa shape index (κ2) is 3.81. The van der Waals surface area contributed by atoms with Gasteiger partial charge >= 0.3 is 0 Å². The fourth-order valence-corrected chi connectivity index (χ4v) is 2.06. The Bertz CT molecular complexity index is 470. The van der Waals surface area contributed by atoms with E-state index in [0.717, 1.165) is 22.0 Å². The lowest BCUT2D eigenvalue weighted by molar-refractivity contribution is 1.48. The average molecular weight is 246 g/mol. The number of fused-ring (bicyclic) bond motifs is 1. The number of alkyl halides is 1. The van der Waals surface area contributed by atoms with Gasteiger partial charge in [0, 0.05) is 5.33 Å². The standard InChI is InChI=1S/C12H8BrN/c13-7-9-6-10(8-14)12-5-3-1-2-4-11(9)12/h1-6H,7H2. The van der Waals surface area contributed by atoms with Crippen LogP contribution in [0.15, 0.2) is 36.4 Å². The zero-order valence-electron chi connectivity index (χ0n) is 7.50. The van der Waals surface area contributed by atoms with E-state index >= 15 is 0 Å². The Labute approximate surface area is 91.5 Å². The predicted molar refractivity (Wildman–Crippen MR) is 60.4 cm³/mol. The van der Waals surface area contributed by atoms with Gasteiger partial charge in [0.1, 0.15) is 0 Å². The van der Waals surface area contributed by atoms with Crippen molar-refractivity contribution in [1.82, 2.24) is 0 Å². The van der Waals surface area contributed by atoms with Crippen molar-refractivity contribution in [3.63, 3.8) is 0 Å². The fraction of sp³-hybridized carbons (Fsp3) is 0.0833. The highest BCUT2D eigenvalue weighted by Crippen LogP contribution is 2.32. The molecule has 0 saturated carbocycles. The topological polar surface area (TPSA) is 23.8 Å². The van der Waals surface area contributed by atoms with Crippen molar-refractivity contribution >= 4 is 15.9 Å². The number of hydrogen-bond acceptors (Lipinski definition) is 1. The molecule has 0 aromatic rings. The highest BCUT2D eigenvalue weighted by atomic mass is 79.9. The van der Waals surface area contributed by atoms with Crippen LogP contribution in [-0.2, 0) is 5.33 Å². The van der Waals surface area contributed by atoms with E-state index in [1.54, 1.807) is 0 Å². The lowest BCUT2D eigenvalue weighted by atomic mass is 10.1. The molecule has 0 aliphatic heterocycles. The third kappa shape index (κ3) is 1.40. The summed E-state index contributed by atoms with van der Waals surface area (Å²) in [5, 5.41) is 9.75. The summed E-state index contributed by atoms with van der Waals surface area (Å²) in [5.41, 5.74) is 4.12. The van der Waals surface area contributed by atoms with Crippen LogP contribution in [0, 0.1) is 11.3 Å². The summed E-state index contributed by atoms with van der Waals surface area (Å²) in [6, 6.07) is 14.1.